The molecule has 1 fully saturated rings. The number of ether oxygens (including phenoxy) is 1. The molecule has 1 aromatic heterocycles. The Labute approximate surface area is 109 Å². The van der Waals surface area contributed by atoms with Crippen molar-refractivity contribution in [3.05, 3.63) is 23.7 Å². The highest BCUT2D eigenvalue weighted by molar-refractivity contribution is 5.91. The molecule has 2 atom stereocenters. The van der Waals surface area contributed by atoms with Crippen LogP contribution >= 0.6 is 0 Å². The van der Waals surface area contributed by atoms with Gasteiger partial charge in [0, 0.05) is 6.54 Å². The summed E-state index contributed by atoms with van der Waals surface area (Å²) < 4.78 is 10.5. The van der Waals surface area contributed by atoms with E-state index in [2.05, 4.69) is 5.32 Å². The number of nitrogens with two attached hydrogens (primary N) is 1. The Balaban J connectivity index is 1.79. The summed E-state index contributed by atoms with van der Waals surface area (Å²) in [5, 5.41) is 11.4. The van der Waals surface area contributed by atoms with Crippen LogP contribution in [0, 0.1) is 0 Å². The van der Waals surface area contributed by atoms with E-state index in [4.69, 9.17) is 20.0 Å². The van der Waals surface area contributed by atoms with Gasteiger partial charge in [-0.05, 0) is 25.0 Å². The lowest BCUT2D eigenvalue weighted by atomic mass is 10.2. The first-order chi connectivity index (χ1) is 9.10. The SMILES string of the molecule is NCc1ccc(C(=O)NCC2CCC(C(=O)O)O2)o1. The summed E-state index contributed by atoms with van der Waals surface area (Å²) >= 11 is 0. The molecule has 2 unspecified atom stereocenters. The average Bonchev–Trinajstić information content (AvgIpc) is 3.04. The molecule has 19 heavy (non-hydrogen) atoms. The smallest absolute Gasteiger partial charge is 0.332 e. The Bertz CT molecular complexity index is 470. The molecule has 1 saturated heterocycles. The van der Waals surface area contributed by atoms with Gasteiger partial charge in [-0.25, -0.2) is 4.79 Å². The minimum Gasteiger partial charge on any atom is -0.479 e. The van der Waals surface area contributed by atoms with Gasteiger partial charge in [-0.3, -0.25) is 4.79 Å². The van der Waals surface area contributed by atoms with Crippen LogP contribution in [0.15, 0.2) is 16.5 Å². The highest BCUT2D eigenvalue weighted by Crippen LogP contribution is 2.19. The summed E-state index contributed by atoms with van der Waals surface area (Å²) in [4.78, 5) is 22.4. The molecule has 1 aromatic rings. The standard InChI is InChI=1S/C12H16N2O5/c13-5-7-1-3-9(18-7)11(15)14-6-8-2-4-10(19-8)12(16)17/h1,3,8,10H,2,4-6,13H2,(H,14,15)(H,16,17). The molecular formula is C12H16N2O5. The number of furan rings is 1. The second-order valence-corrected chi connectivity index (χ2v) is 4.34. The number of carbonyl (C=O) groups is 2. The number of nitrogens with one attached hydrogen (secondary N) is 1. The van der Waals surface area contributed by atoms with Gasteiger partial charge in [-0.2, -0.15) is 0 Å². The Morgan fingerprint density at radius 3 is 2.79 bits per heavy atom. The lowest BCUT2D eigenvalue weighted by molar-refractivity contribution is -0.149. The van der Waals surface area contributed by atoms with E-state index >= 15 is 0 Å². The summed E-state index contributed by atoms with van der Waals surface area (Å²) in [7, 11) is 0. The number of rotatable bonds is 5. The van der Waals surface area contributed by atoms with E-state index in [1.165, 1.54) is 0 Å². The topological polar surface area (TPSA) is 115 Å². The summed E-state index contributed by atoms with van der Waals surface area (Å²) in [6, 6.07) is 3.19. The van der Waals surface area contributed by atoms with E-state index in [1.54, 1.807) is 12.1 Å². The largest absolute Gasteiger partial charge is 0.479 e. The summed E-state index contributed by atoms with van der Waals surface area (Å²) in [6.45, 7) is 0.501. The monoisotopic (exact) mass is 268 g/mol. The van der Waals surface area contributed by atoms with Crippen LogP contribution in [0.2, 0.25) is 0 Å². The van der Waals surface area contributed by atoms with Crippen molar-refractivity contribution in [2.24, 2.45) is 5.73 Å². The summed E-state index contributed by atoms with van der Waals surface area (Å²) in [6.07, 6.45) is 0.0422. The Kier molecular flexibility index (Phi) is 4.18. The number of carboxylic acids is 1. The van der Waals surface area contributed by atoms with Crippen molar-refractivity contribution in [3.63, 3.8) is 0 Å². The van der Waals surface area contributed by atoms with Crippen LogP contribution in [0.1, 0.15) is 29.2 Å². The van der Waals surface area contributed by atoms with Gasteiger partial charge in [0.15, 0.2) is 11.9 Å². The third-order valence-electron chi connectivity index (χ3n) is 2.96. The highest BCUT2D eigenvalue weighted by atomic mass is 16.5. The van der Waals surface area contributed by atoms with Crippen LogP contribution in [0.4, 0.5) is 0 Å². The Hall–Kier alpha value is -1.86. The molecule has 104 valence electrons. The normalized spacial score (nSPS) is 22.4. The lowest BCUT2D eigenvalue weighted by Gasteiger charge is -2.11. The van der Waals surface area contributed by atoms with Crippen molar-refractivity contribution in [3.8, 4) is 0 Å². The van der Waals surface area contributed by atoms with Gasteiger partial charge in [-0.15, -0.1) is 0 Å². The zero-order valence-electron chi connectivity index (χ0n) is 10.3. The molecule has 1 amide bonds. The van der Waals surface area contributed by atoms with Crippen molar-refractivity contribution in [1.29, 1.82) is 0 Å². The fourth-order valence-electron chi connectivity index (χ4n) is 1.94. The first kappa shape index (κ1) is 13.6. The van der Waals surface area contributed by atoms with Crippen molar-refractivity contribution < 1.29 is 23.8 Å². The Morgan fingerprint density at radius 2 is 2.21 bits per heavy atom. The maximum Gasteiger partial charge on any atom is 0.332 e. The van der Waals surface area contributed by atoms with Gasteiger partial charge in [0.2, 0.25) is 0 Å². The molecule has 7 nitrogen and oxygen atoms in total. The van der Waals surface area contributed by atoms with E-state index in [0.29, 0.717) is 18.6 Å². The van der Waals surface area contributed by atoms with Crippen molar-refractivity contribution >= 4 is 11.9 Å². The van der Waals surface area contributed by atoms with Crippen molar-refractivity contribution in [1.82, 2.24) is 5.32 Å². The quantitative estimate of drug-likeness (QED) is 0.697. The van der Waals surface area contributed by atoms with E-state index in [9.17, 15) is 9.59 Å². The van der Waals surface area contributed by atoms with Gasteiger partial charge in [0.05, 0.1) is 12.6 Å². The van der Waals surface area contributed by atoms with Crippen molar-refractivity contribution in [2.45, 2.75) is 31.6 Å². The molecule has 0 bridgehead atoms. The van der Waals surface area contributed by atoms with Crippen LogP contribution in [0.25, 0.3) is 0 Å². The zero-order valence-corrected chi connectivity index (χ0v) is 10.3. The van der Waals surface area contributed by atoms with Gasteiger partial charge in [-0.1, -0.05) is 0 Å². The molecule has 1 aliphatic rings. The predicted molar refractivity (Wildman–Crippen MR) is 64.5 cm³/mol. The van der Waals surface area contributed by atoms with Gasteiger partial charge >= 0.3 is 5.97 Å². The Morgan fingerprint density at radius 1 is 1.42 bits per heavy atom. The number of amides is 1. The maximum atomic E-state index is 11.7. The first-order valence-electron chi connectivity index (χ1n) is 6.05. The van der Waals surface area contributed by atoms with E-state index in [0.717, 1.165) is 0 Å². The summed E-state index contributed by atoms with van der Waals surface area (Å²) in [5.74, 6) is -0.601. The van der Waals surface area contributed by atoms with Crippen LogP contribution in [0.3, 0.4) is 0 Å². The van der Waals surface area contributed by atoms with Crippen molar-refractivity contribution in [2.75, 3.05) is 6.54 Å². The number of carbonyl (C=O) groups excluding carboxylic acids is 1. The van der Waals surface area contributed by atoms with Gasteiger partial charge in [0.25, 0.3) is 5.91 Å². The van der Waals surface area contributed by atoms with Crippen LogP contribution in [0.5, 0.6) is 0 Å². The number of aliphatic carboxylic acids is 1. The average molecular weight is 268 g/mol. The minimum absolute atomic E-state index is 0.188. The fourth-order valence-corrected chi connectivity index (χ4v) is 1.94. The first-order valence-corrected chi connectivity index (χ1v) is 6.05. The predicted octanol–water partition coefficient (Wildman–Crippen LogP) is 0.100. The second kappa shape index (κ2) is 5.85. The fraction of sp³-hybridized carbons (Fsp3) is 0.500. The highest BCUT2D eigenvalue weighted by Gasteiger charge is 2.30. The van der Waals surface area contributed by atoms with E-state index in [1.807, 2.05) is 0 Å². The summed E-state index contributed by atoms with van der Waals surface area (Å²) in [5.41, 5.74) is 5.38. The third kappa shape index (κ3) is 3.33. The molecule has 1 aliphatic heterocycles. The van der Waals surface area contributed by atoms with Crippen LogP contribution in [-0.4, -0.2) is 35.7 Å². The molecule has 0 spiro atoms. The third-order valence-corrected chi connectivity index (χ3v) is 2.96. The molecule has 7 heteroatoms. The number of hydrogen-bond acceptors (Lipinski definition) is 5. The molecule has 2 rings (SSSR count). The minimum atomic E-state index is -0.965. The van der Waals surface area contributed by atoms with Gasteiger partial charge < -0.3 is 25.3 Å². The second-order valence-electron chi connectivity index (χ2n) is 4.34. The lowest BCUT2D eigenvalue weighted by Crippen LogP contribution is -2.32. The number of carboxylic acid groups (broad SMARTS) is 1. The molecule has 4 N–H and O–H groups in total. The zero-order chi connectivity index (χ0) is 13.8. The molecule has 0 aromatic carbocycles. The number of hydrogen-bond donors (Lipinski definition) is 3. The maximum absolute atomic E-state index is 11.7. The molecule has 0 radical (unpaired) electrons. The van der Waals surface area contributed by atoms with E-state index in [-0.39, 0.29) is 30.9 Å². The van der Waals surface area contributed by atoms with Crippen LogP contribution < -0.4 is 11.1 Å². The molecule has 0 aliphatic carbocycles. The van der Waals surface area contributed by atoms with Gasteiger partial charge in [0.1, 0.15) is 5.76 Å². The van der Waals surface area contributed by atoms with E-state index < -0.39 is 12.1 Å². The van der Waals surface area contributed by atoms with Crippen LogP contribution in [-0.2, 0) is 16.1 Å². The molecule has 0 saturated carbocycles. The molecular weight excluding hydrogens is 252 g/mol. The molecule has 2 heterocycles.